The number of carboxylic acid groups (broad SMARTS) is 1. The summed E-state index contributed by atoms with van der Waals surface area (Å²) in [6.07, 6.45) is 2.44. The fourth-order valence-corrected chi connectivity index (χ4v) is 1.75. The van der Waals surface area contributed by atoms with Crippen LogP contribution in [0.5, 0.6) is 0 Å². The molecular formula is C14H26N2O4. The molecule has 6 heteroatoms. The summed E-state index contributed by atoms with van der Waals surface area (Å²) < 4.78 is 5.48. The third-order valence-corrected chi connectivity index (χ3v) is 3.48. The molecule has 0 aromatic rings. The highest BCUT2D eigenvalue weighted by molar-refractivity contribution is 5.75. The second-order valence-corrected chi connectivity index (χ2v) is 5.84. The van der Waals surface area contributed by atoms with Crippen LogP contribution in [0, 0.1) is 11.8 Å². The molecule has 6 nitrogen and oxygen atoms in total. The Kier molecular flexibility index (Phi) is 6.78. The summed E-state index contributed by atoms with van der Waals surface area (Å²) in [5, 5.41) is 11.6. The van der Waals surface area contributed by atoms with E-state index in [1.165, 1.54) is 17.7 Å². The first-order valence-corrected chi connectivity index (χ1v) is 7.21. The van der Waals surface area contributed by atoms with Crippen molar-refractivity contribution in [2.45, 2.75) is 39.2 Å². The van der Waals surface area contributed by atoms with Gasteiger partial charge in [0.1, 0.15) is 0 Å². The number of hydrogen-bond acceptors (Lipinski definition) is 3. The summed E-state index contributed by atoms with van der Waals surface area (Å²) in [7, 11) is 1.69. The zero-order valence-electron chi connectivity index (χ0n) is 12.6. The molecule has 0 heterocycles. The minimum absolute atomic E-state index is 0.0601. The van der Waals surface area contributed by atoms with Crippen LogP contribution < -0.4 is 5.32 Å². The van der Waals surface area contributed by atoms with E-state index in [-0.39, 0.29) is 24.4 Å². The van der Waals surface area contributed by atoms with Gasteiger partial charge in [0.25, 0.3) is 0 Å². The van der Waals surface area contributed by atoms with E-state index in [4.69, 9.17) is 9.84 Å². The third-order valence-electron chi connectivity index (χ3n) is 3.48. The lowest BCUT2D eigenvalue weighted by Crippen LogP contribution is -2.47. The Hall–Kier alpha value is -1.30. The number of nitrogens with one attached hydrogen (secondary N) is 1. The van der Waals surface area contributed by atoms with Crippen molar-refractivity contribution >= 4 is 12.0 Å². The van der Waals surface area contributed by atoms with Crippen molar-refractivity contribution in [2.75, 3.05) is 26.8 Å². The standard InChI is InChI=1S/C14H26N2O4/c1-10(2)12(8-13(17)18)15-14(19)16(3)6-7-20-9-11-4-5-11/h10-12H,4-9H2,1-3H3,(H,15,19)(H,17,18). The van der Waals surface area contributed by atoms with Crippen LogP contribution in [0.3, 0.4) is 0 Å². The molecule has 1 fully saturated rings. The highest BCUT2D eigenvalue weighted by atomic mass is 16.5. The number of amides is 2. The van der Waals surface area contributed by atoms with Gasteiger partial charge in [-0.1, -0.05) is 13.8 Å². The lowest BCUT2D eigenvalue weighted by Gasteiger charge is -2.25. The fraction of sp³-hybridized carbons (Fsp3) is 0.857. The van der Waals surface area contributed by atoms with E-state index >= 15 is 0 Å². The van der Waals surface area contributed by atoms with E-state index in [9.17, 15) is 9.59 Å². The smallest absolute Gasteiger partial charge is 0.317 e. The topological polar surface area (TPSA) is 78.9 Å². The Labute approximate surface area is 120 Å². The van der Waals surface area contributed by atoms with Crippen LogP contribution in [0.1, 0.15) is 33.1 Å². The molecule has 0 bridgehead atoms. The number of hydrogen-bond donors (Lipinski definition) is 2. The number of urea groups is 1. The molecule has 0 spiro atoms. The van der Waals surface area contributed by atoms with Crippen molar-refractivity contribution in [1.29, 1.82) is 0 Å². The van der Waals surface area contributed by atoms with Gasteiger partial charge in [-0.05, 0) is 24.7 Å². The lowest BCUT2D eigenvalue weighted by atomic mass is 10.0. The Bertz CT molecular complexity index is 329. The number of likely N-dealkylation sites (N-methyl/N-ethyl adjacent to an activating group) is 1. The number of nitrogens with zero attached hydrogens (tertiary/aromatic N) is 1. The predicted octanol–water partition coefficient (Wildman–Crippen LogP) is 1.55. The van der Waals surface area contributed by atoms with Crippen LogP contribution in [0.2, 0.25) is 0 Å². The number of carboxylic acids is 1. The molecule has 0 aliphatic heterocycles. The van der Waals surface area contributed by atoms with Gasteiger partial charge in [-0.15, -0.1) is 0 Å². The van der Waals surface area contributed by atoms with Crippen LogP contribution in [0.4, 0.5) is 4.79 Å². The number of carbonyl (C=O) groups excluding carboxylic acids is 1. The Morgan fingerprint density at radius 3 is 2.55 bits per heavy atom. The van der Waals surface area contributed by atoms with Gasteiger partial charge < -0.3 is 20.1 Å². The quantitative estimate of drug-likeness (QED) is 0.630. The average molecular weight is 286 g/mol. The lowest BCUT2D eigenvalue weighted by molar-refractivity contribution is -0.137. The van der Waals surface area contributed by atoms with Crippen molar-refractivity contribution < 1.29 is 19.4 Å². The normalized spacial score (nSPS) is 16.0. The third kappa shape index (κ3) is 6.75. The molecule has 2 N–H and O–H groups in total. The number of rotatable bonds is 9. The van der Waals surface area contributed by atoms with Gasteiger partial charge in [0.05, 0.1) is 13.0 Å². The van der Waals surface area contributed by atoms with Crippen LogP contribution in [-0.4, -0.2) is 54.9 Å². The monoisotopic (exact) mass is 286 g/mol. The van der Waals surface area contributed by atoms with Gasteiger partial charge in [-0.2, -0.15) is 0 Å². The summed E-state index contributed by atoms with van der Waals surface area (Å²) in [4.78, 5) is 24.2. The molecule has 1 rings (SSSR count). The Balaban J connectivity index is 2.24. The van der Waals surface area contributed by atoms with Crippen molar-refractivity contribution in [3.63, 3.8) is 0 Å². The van der Waals surface area contributed by atoms with Gasteiger partial charge in [-0.25, -0.2) is 4.79 Å². The zero-order chi connectivity index (χ0) is 15.1. The van der Waals surface area contributed by atoms with E-state index < -0.39 is 5.97 Å². The maximum atomic E-state index is 11.9. The minimum Gasteiger partial charge on any atom is -0.481 e. The van der Waals surface area contributed by atoms with Crippen molar-refractivity contribution in [3.8, 4) is 0 Å². The molecule has 20 heavy (non-hydrogen) atoms. The van der Waals surface area contributed by atoms with Crippen molar-refractivity contribution in [2.24, 2.45) is 11.8 Å². The van der Waals surface area contributed by atoms with Gasteiger partial charge in [-0.3, -0.25) is 4.79 Å². The SMILES string of the molecule is CC(C)C(CC(=O)O)NC(=O)N(C)CCOCC1CC1. The molecule has 1 aliphatic carbocycles. The maximum Gasteiger partial charge on any atom is 0.317 e. The first kappa shape index (κ1) is 16.8. The second-order valence-electron chi connectivity index (χ2n) is 5.84. The maximum absolute atomic E-state index is 11.9. The van der Waals surface area contributed by atoms with E-state index in [0.717, 1.165) is 12.5 Å². The molecular weight excluding hydrogens is 260 g/mol. The van der Waals surface area contributed by atoms with Gasteiger partial charge in [0.15, 0.2) is 0 Å². The molecule has 1 unspecified atom stereocenters. The fourth-order valence-electron chi connectivity index (χ4n) is 1.75. The highest BCUT2D eigenvalue weighted by Gasteiger charge is 2.22. The molecule has 0 saturated heterocycles. The average Bonchev–Trinajstić information content (AvgIpc) is 3.16. The van der Waals surface area contributed by atoms with Crippen LogP contribution in [0.25, 0.3) is 0 Å². The molecule has 2 amide bonds. The molecule has 116 valence electrons. The molecule has 1 aliphatic rings. The highest BCUT2D eigenvalue weighted by Crippen LogP contribution is 2.28. The Morgan fingerprint density at radius 1 is 1.40 bits per heavy atom. The Morgan fingerprint density at radius 2 is 2.05 bits per heavy atom. The first-order valence-electron chi connectivity index (χ1n) is 7.21. The van der Waals surface area contributed by atoms with Crippen LogP contribution in [-0.2, 0) is 9.53 Å². The zero-order valence-corrected chi connectivity index (χ0v) is 12.6. The molecule has 1 saturated carbocycles. The predicted molar refractivity (Wildman–Crippen MR) is 75.6 cm³/mol. The largest absolute Gasteiger partial charge is 0.481 e. The van der Waals surface area contributed by atoms with E-state index in [0.29, 0.717) is 13.2 Å². The summed E-state index contributed by atoms with van der Waals surface area (Å²) in [5.41, 5.74) is 0. The summed E-state index contributed by atoms with van der Waals surface area (Å²) >= 11 is 0. The van der Waals surface area contributed by atoms with E-state index in [1.54, 1.807) is 7.05 Å². The number of ether oxygens (including phenoxy) is 1. The minimum atomic E-state index is -0.903. The van der Waals surface area contributed by atoms with Gasteiger partial charge in [0.2, 0.25) is 0 Å². The van der Waals surface area contributed by atoms with Crippen LogP contribution in [0.15, 0.2) is 0 Å². The second kappa shape index (κ2) is 8.09. The summed E-state index contributed by atoms with van der Waals surface area (Å²) in [6, 6.07) is -0.602. The molecule has 0 aromatic heterocycles. The summed E-state index contributed by atoms with van der Waals surface area (Å²) in [5.74, 6) is -0.107. The number of aliphatic carboxylic acids is 1. The van der Waals surface area contributed by atoms with Crippen molar-refractivity contribution in [1.82, 2.24) is 10.2 Å². The molecule has 0 aromatic carbocycles. The first-order chi connectivity index (χ1) is 9.40. The van der Waals surface area contributed by atoms with E-state index in [2.05, 4.69) is 5.32 Å². The molecule has 1 atom stereocenters. The van der Waals surface area contributed by atoms with Gasteiger partial charge in [0, 0.05) is 26.2 Å². The van der Waals surface area contributed by atoms with E-state index in [1.807, 2.05) is 13.8 Å². The molecule has 0 radical (unpaired) electrons. The summed E-state index contributed by atoms with van der Waals surface area (Å²) in [6.45, 7) is 5.60. The van der Waals surface area contributed by atoms with Crippen LogP contribution >= 0.6 is 0 Å². The van der Waals surface area contributed by atoms with Gasteiger partial charge >= 0.3 is 12.0 Å². The number of carbonyl (C=O) groups is 2. The van der Waals surface area contributed by atoms with Crippen molar-refractivity contribution in [3.05, 3.63) is 0 Å².